The van der Waals surface area contributed by atoms with Crippen LogP contribution < -0.4 is 98.5 Å². The Balaban J connectivity index is -0.0000000607. The van der Waals surface area contributed by atoms with Gasteiger partial charge in [-0.25, -0.2) is 0 Å². The molecule has 0 radical (unpaired) electrons. The summed E-state index contributed by atoms with van der Waals surface area (Å²) < 4.78 is 0. The molecule has 0 spiro atoms. The van der Waals surface area contributed by atoms with Crippen molar-refractivity contribution in [2.45, 2.75) is 0 Å². The first-order valence-corrected chi connectivity index (χ1v) is 4.03. The number of hydrogen-bond acceptors (Lipinski definition) is 6. The molecular weight excluding hydrogens is 292 g/mol. The molecule has 0 aliphatic carbocycles. The van der Waals surface area contributed by atoms with Gasteiger partial charge in [0.25, 0.3) is 0 Å². The molecule has 0 amide bonds. The number of halogens is 1. The molecule has 0 saturated heterocycles. The number of nitrogens with zero attached hydrogens (tertiary/aromatic N) is 1. The quantitative estimate of drug-likeness (QED) is 0.359. The van der Waals surface area contributed by atoms with Crippen molar-refractivity contribution in [3.63, 3.8) is 0 Å². The smallest absolute Gasteiger partial charge is 1.00 e. The number of rotatable bonds is 6. The van der Waals surface area contributed by atoms with E-state index < -0.39 is 6.16 Å². The van der Waals surface area contributed by atoms with Gasteiger partial charge >= 0.3 is 80.9 Å². The van der Waals surface area contributed by atoms with Crippen LogP contribution in [0.25, 0.3) is 0 Å². The third kappa shape index (κ3) is 38.1. The van der Waals surface area contributed by atoms with Crippen LogP contribution in [0.2, 0.25) is 0 Å². The van der Waals surface area contributed by atoms with E-state index in [1.807, 2.05) is 0 Å². The summed E-state index contributed by atoms with van der Waals surface area (Å²) in [5, 5.41) is 40.8. The van der Waals surface area contributed by atoms with Gasteiger partial charge in [0.2, 0.25) is 6.16 Å². The van der Waals surface area contributed by atoms with Gasteiger partial charge in [0.05, 0.1) is 19.8 Å². The zero-order chi connectivity index (χ0) is 11.4. The minimum Gasteiger partial charge on any atom is -1.00 e. The molecule has 7 nitrogen and oxygen atoms in total. The standard InChI is InChI=1S/C6H15NO3.CH2O3.ClH.K.Na/c8-4-1-7(2-5-9)3-6-10;2-1(3)4;;;/h8-10H,1-6H2;(H2,2,3,4);1H;;/q;;;2*+1/p-2. The van der Waals surface area contributed by atoms with Gasteiger partial charge in [0.15, 0.2) is 0 Å². The summed E-state index contributed by atoms with van der Waals surface area (Å²) in [6.07, 6.45) is -2.08. The zero-order valence-electron chi connectivity index (χ0n) is 10.2. The molecule has 0 aromatic carbocycles. The van der Waals surface area contributed by atoms with E-state index in [2.05, 4.69) is 0 Å². The fraction of sp³-hybridized carbons (Fsp3) is 0.857. The van der Waals surface area contributed by atoms with E-state index >= 15 is 0 Å². The largest absolute Gasteiger partial charge is 1.00 e. The molecule has 94 valence electrons. The third-order valence-electron chi connectivity index (χ3n) is 1.25. The normalized spacial score (nSPS) is 7.76. The van der Waals surface area contributed by atoms with Crippen LogP contribution in [0.3, 0.4) is 0 Å². The summed E-state index contributed by atoms with van der Waals surface area (Å²) in [4.78, 5) is 10.2. The Morgan fingerprint density at radius 3 is 1.29 bits per heavy atom. The van der Waals surface area contributed by atoms with Gasteiger partial charge in [0.1, 0.15) is 0 Å². The molecular formula is C7H16ClKNNaO6. The summed E-state index contributed by atoms with van der Waals surface area (Å²) in [7, 11) is 0. The number of aliphatic hydroxyl groups excluding tert-OH is 3. The predicted molar refractivity (Wildman–Crippen MR) is 45.7 cm³/mol. The van der Waals surface area contributed by atoms with E-state index in [9.17, 15) is 0 Å². The minimum atomic E-state index is -2.08. The fourth-order valence-corrected chi connectivity index (χ4v) is 0.760. The third-order valence-corrected chi connectivity index (χ3v) is 1.25. The summed E-state index contributed by atoms with van der Waals surface area (Å²) in [6.45, 7) is 1.75. The first-order valence-electron chi connectivity index (χ1n) is 4.03. The average Bonchev–Trinajstić information content (AvgIpc) is 2.04. The zero-order valence-corrected chi connectivity index (χ0v) is 16.1. The van der Waals surface area contributed by atoms with E-state index in [4.69, 9.17) is 30.3 Å². The number of hydrogen-bond donors (Lipinski definition) is 4. The van der Waals surface area contributed by atoms with Gasteiger partial charge in [-0.3, -0.25) is 4.90 Å². The van der Waals surface area contributed by atoms with E-state index in [-0.39, 0.29) is 113 Å². The van der Waals surface area contributed by atoms with Gasteiger partial charge in [-0.2, -0.15) is 0 Å². The minimum absolute atomic E-state index is 0. The van der Waals surface area contributed by atoms with Crippen LogP contribution in [-0.2, 0) is 0 Å². The van der Waals surface area contributed by atoms with Crippen molar-refractivity contribution >= 4 is 6.16 Å². The van der Waals surface area contributed by atoms with Crippen LogP contribution in [0.5, 0.6) is 0 Å². The van der Waals surface area contributed by atoms with Crippen LogP contribution >= 0.6 is 0 Å². The van der Waals surface area contributed by atoms with Crippen molar-refractivity contribution in [3.8, 4) is 0 Å². The number of aliphatic hydroxyl groups is 3. The van der Waals surface area contributed by atoms with Crippen LogP contribution in [0.15, 0.2) is 0 Å². The van der Waals surface area contributed by atoms with Crippen molar-refractivity contribution in [3.05, 3.63) is 0 Å². The van der Waals surface area contributed by atoms with Gasteiger partial charge in [-0.05, 0) is 0 Å². The SMILES string of the molecule is O=C([O-])O.OCCN(CCO)CCO.[Cl-].[K+].[Na+]. The summed E-state index contributed by atoms with van der Waals surface area (Å²) in [5.74, 6) is 0. The van der Waals surface area contributed by atoms with E-state index in [0.717, 1.165) is 0 Å². The number of carbonyl (C=O) groups is 1. The molecule has 0 aromatic heterocycles. The van der Waals surface area contributed by atoms with E-state index in [1.165, 1.54) is 0 Å². The average molecular weight is 308 g/mol. The monoisotopic (exact) mass is 307 g/mol. The van der Waals surface area contributed by atoms with Crippen molar-refractivity contribution < 1.29 is 124 Å². The molecule has 0 atom stereocenters. The maximum Gasteiger partial charge on any atom is 1.00 e. The Bertz CT molecular complexity index is 129. The molecule has 0 aromatic rings. The Morgan fingerprint density at radius 1 is 1.00 bits per heavy atom. The Labute approximate surface area is 171 Å². The van der Waals surface area contributed by atoms with Crippen LogP contribution in [0, 0.1) is 0 Å². The molecule has 0 bridgehead atoms. The summed E-state index contributed by atoms with van der Waals surface area (Å²) in [5.41, 5.74) is 0. The van der Waals surface area contributed by atoms with Crippen LogP contribution in [0.4, 0.5) is 4.79 Å². The van der Waals surface area contributed by atoms with Crippen molar-refractivity contribution in [1.29, 1.82) is 0 Å². The maximum absolute atomic E-state index is 8.48. The first-order chi connectivity index (χ1) is 6.58. The molecule has 4 N–H and O–H groups in total. The van der Waals surface area contributed by atoms with Crippen LogP contribution in [0.1, 0.15) is 0 Å². The molecule has 0 unspecified atom stereocenters. The molecule has 0 fully saturated rings. The molecule has 10 heteroatoms. The van der Waals surface area contributed by atoms with Crippen molar-refractivity contribution in [2.24, 2.45) is 0 Å². The topological polar surface area (TPSA) is 124 Å². The summed E-state index contributed by atoms with van der Waals surface area (Å²) in [6, 6.07) is 0. The fourth-order valence-electron chi connectivity index (χ4n) is 0.760. The second-order valence-corrected chi connectivity index (χ2v) is 2.28. The molecule has 17 heavy (non-hydrogen) atoms. The van der Waals surface area contributed by atoms with Gasteiger partial charge in [-0.15, -0.1) is 0 Å². The Morgan fingerprint density at radius 2 is 1.18 bits per heavy atom. The van der Waals surface area contributed by atoms with Gasteiger partial charge in [0, 0.05) is 19.6 Å². The van der Waals surface area contributed by atoms with Crippen molar-refractivity contribution in [1.82, 2.24) is 4.90 Å². The number of carboxylic acid groups (broad SMARTS) is 2. The van der Waals surface area contributed by atoms with Gasteiger partial charge in [-0.1, -0.05) is 0 Å². The second kappa shape index (κ2) is 26.6. The van der Waals surface area contributed by atoms with E-state index in [1.54, 1.807) is 4.90 Å². The summed E-state index contributed by atoms with van der Waals surface area (Å²) >= 11 is 0. The molecule has 0 aliphatic heterocycles. The van der Waals surface area contributed by atoms with E-state index in [0.29, 0.717) is 19.6 Å². The molecule has 0 aliphatic rings. The molecule has 0 heterocycles. The van der Waals surface area contributed by atoms with Gasteiger partial charge < -0.3 is 42.7 Å². The van der Waals surface area contributed by atoms with Crippen LogP contribution in [-0.4, -0.2) is 70.9 Å². The molecule has 0 saturated carbocycles. The molecule has 0 rings (SSSR count). The Hall–Kier alpha value is 2.04. The van der Waals surface area contributed by atoms with Crippen molar-refractivity contribution in [2.75, 3.05) is 39.5 Å². The second-order valence-electron chi connectivity index (χ2n) is 2.28. The predicted octanol–water partition coefficient (Wildman–Crippen LogP) is -11.8. The maximum atomic E-state index is 8.48. The first kappa shape index (κ1) is 31.4. The Kier molecular flexibility index (Phi) is 49.1.